The molecule has 1 aliphatic heterocycles. The molecule has 0 fully saturated rings. The van der Waals surface area contributed by atoms with Crippen LogP contribution in [0.5, 0.6) is 0 Å². The number of nitrogens with zero attached hydrogens (tertiary/aromatic N) is 3. The van der Waals surface area contributed by atoms with Crippen molar-refractivity contribution in [1.29, 1.82) is 0 Å². The van der Waals surface area contributed by atoms with Crippen LogP contribution < -0.4 is 10.7 Å². The molecule has 2 rings (SSSR count). The summed E-state index contributed by atoms with van der Waals surface area (Å²) in [6.45, 7) is 1.90. The van der Waals surface area contributed by atoms with Gasteiger partial charge in [-0.2, -0.15) is 5.10 Å². The number of hydrogen-bond donors (Lipinski definition) is 1. The van der Waals surface area contributed by atoms with Gasteiger partial charge in [0.25, 0.3) is 0 Å². The second-order valence-electron chi connectivity index (χ2n) is 2.22. The average molecular weight is 146 g/mol. The first-order valence-electron chi connectivity index (χ1n) is 3.24. The average Bonchev–Trinajstić information content (AvgIpc) is 2.25. The molecule has 0 aromatic carbocycles. The zero-order valence-electron chi connectivity index (χ0n) is 6.00. The summed E-state index contributed by atoms with van der Waals surface area (Å²) < 4.78 is 0. The SMILES string of the molecule is Cc1n[nH]c2c1=CN=C=CN=2. The Morgan fingerprint density at radius 2 is 2.45 bits per heavy atom. The predicted molar refractivity (Wildman–Crippen MR) is 40.6 cm³/mol. The normalized spacial score (nSPS) is 13.2. The quantitative estimate of drug-likeness (QED) is 0.515. The molecular weight excluding hydrogens is 140 g/mol. The molecule has 0 saturated carbocycles. The minimum absolute atomic E-state index is 0.747. The predicted octanol–water partition coefficient (Wildman–Crippen LogP) is -0.727. The Kier molecular flexibility index (Phi) is 1.20. The molecule has 2 heterocycles. The number of aliphatic imine (C=N–C) groups is 1. The summed E-state index contributed by atoms with van der Waals surface area (Å²) in [5.41, 5.74) is 1.65. The summed E-state index contributed by atoms with van der Waals surface area (Å²) in [6, 6.07) is 0. The van der Waals surface area contributed by atoms with Gasteiger partial charge in [-0.1, -0.05) is 0 Å². The molecule has 54 valence electrons. The highest BCUT2D eigenvalue weighted by atomic mass is 15.1. The second kappa shape index (κ2) is 2.18. The minimum Gasteiger partial charge on any atom is -0.260 e. The topological polar surface area (TPSA) is 53.4 Å². The molecule has 4 nitrogen and oxygen atoms in total. The number of fused-ring (bicyclic) bond motifs is 1. The molecule has 0 amide bonds. The fourth-order valence-corrected chi connectivity index (χ4v) is 0.910. The van der Waals surface area contributed by atoms with Crippen molar-refractivity contribution >= 4 is 12.1 Å². The van der Waals surface area contributed by atoms with Crippen molar-refractivity contribution in [2.45, 2.75) is 6.92 Å². The van der Waals surface area contributed by atoms with E-state index in [9.17, 15) is 0 Å². The van der Waals surface area contributed by atoms with Crippen molar-refractivity contribution in [3.05, 3.63) is 22.6 Å². The van der Waals surface area contributed by atoms with E-state index in [1.165, 1.54) is 6.20 Å². The van der Waals surface area contributed by atoms with E-state index < -0.39 is 0 Å². The highest BCUT2D eigenvalue weighted by molar-refractivity contribution is 5.56. The van der Waals surface area contributed by atoms with E-state index in [0.29, 0.717) is 0 Å². The highest BCUT2D eigenvalue weighted by Gasteiger charge is 1.95. The minimum atomic E-state index is 0.747. The van der Waals surface area contributed by atoms with Gasteiger partial charge in [-0.25, -0.2) is 9.98 Å². The van der Waals surface area contributed by atoms with Crippen molar-refractivity contribution < 1.29 is 0 Å². The van der Waals surface area contributed by atoms with Crippen LogP contribution in [0.4, 0.5) is 0 Å². The molecule has 1 aromatic heterocycles. The van der Waals surface area contributed by atoms with Gasteiger partial charge in [0, 0.05) is 12.1 Å². The van der Waals surface area contributed by atoms with E-state index >= 15 is 0 Å². The third-order valence-electron chi connectivity index (χ3n) is 1.49. The second-order valence-corrected chi connectivity index (χ2v) is 2.22. The summed E-state index contributed by atoms with van der Waals surface area (Å²) in [4.78, 5) is 7.89. The number of nitrogens with one attached hydrogen (secondary N) is 1. The first-order chi connectivity index (χ1) is 5.38. The highest BCUT2D eigenvalue weighted by Crippen LogP contribution is 1.77. The first kappa shape index (κ1) is 6.07. The Hall–Kier alpha value is -1.67. The van der Waals surface area contributed by atoms with Crippen molar-refractivity contribution in [3.8, 4) is 0 Å². The third kappa shape index (κ3) is 0.893. The van der Waals surface area contributed by atoms with Crippen molar-refractivity contribution in [2.24, 2.45) is 9.98 Å². The van der Waals surface area contributed by atoms with Crippen molar-refractivity contribution in [3.63, 3.8) is 0 Å². The summed E-state index contributed by atoms with van der Waals surface area (Å²) in [5.74, 6) is 2.64. The number of aromatic nitrogens is 2. The van der Waals surface area contributed by atoms with Gasteiger partial charge in [-0.05, 0) is 6.92 Å². The van der Waals surface area contributed by atoms with E-state index in [-0.39, 0.29) is 0 Å². The molecule has 11 heavy (non-hydrogen) atoms. The summed E-state index contributed by atoms with van der Waals surface area (Å²) in [7, 11) is 0. The van der Waals surface area contributed by atoms with Gasteiger partial charge < -0.3 is 0 Å². The molecule has 0 atom stereocenters. The van der Waals surface area contributed by atoms with E-state index in [0.717, 1.165) is 16.4 Å². The molecule has 0 unspecified atom stereocenters. The first-order valence-corrected chi connectivity index (χ1v) is 3.24. The maximum atomic E-state index is 4.03. The zero-order chi connectivity index (χ0) is 7.68. The van der Waals surface area contributed by atoms with Crippen LogP contribution in [0.2, 0.25) is 0 Å². The molecular formula is C7H6N4. The Morgan fingerprint density at radius 1 is 1.55 bits per heavy atom. The van der Waals surface area contributed by atoms with E-state index in [2.05, 4.69) is 26.1 Å². The van der Waals surface area contributed by atoms with Crippen LogP contribution in [0.1, 0.15) is 5.69 Å². The van der Waals surface area contributed by atoms with Gasteiger partial charge in [-0.3, -0.25) is 5.10 Å². The number of aromatic amines is 1. The fraction of sp³-hybridized carbons (Fsp3) is 0.143. The van der Waals surface area contributed by atoms with Crippen LogP contribution >= 0.6 is 0 Å². The number of aryl methyl sites for hydroxylation is 1. The number of hydrogen-bond acceptors (Lipinski definition) is 3. The van der Waals surface area contributed by atoms with Gasteiger partial charge in [0.15, 0.2) is 5.49 Å². The van der Waals surface area contributed by atoms with Gasteiger partial charge in [0.2, 0.25) is 0 Å². The molecule has 0 saturated heterocycles. The van der Waals surface area contributed by atoms with Crippen LogP contribution in [0.3, 0.4) is 0 Å². The summed E-state index contributed by atoms with van der Waals surface area (Å²) in [6.07, 6.45) is 3.21. The molecule has 1 aromatic rings. The Morgan fingerprint density at radius 3 is 3.36 bits per heavy atom. The van der Waals surface area contributed by atoms with Gasteiger partial charge in [0.05, 0.1) is 17.1 Å². The fourth-order valence-electron chi connectivity index (χ4n) is 0.910. The molecule has 0 bridgehead atoms. The number of H-pyrrole nitrogens is 1. The molecule has 0 spiro atoms. The van der Waals surface area contributed by atoms with Crippen molar-refractivity contribution in [2.75, 3.05) is 0 Å². The maximum absolute atomic E-state index is 4.03. The van der Waals surface area contributed by atoms with Crippen LogP contribution in [0.25, 0.3) is 6.20 Å². The number of rotatable bonds is 0. The lowest BCUT2D eigenvalue weighted by Crippen LogP contribution is -2.23. The molecule has 0 radical (unpaired) electrons. The molecule has 4 heteroatoms. The van der Waals surface area contributed by atoms with E-state index in [1.54, 1.807) is 6.20 Å². The lowest BCUT2D eigenvalue weighted by molar-refractivity contribution is 0.999. The largest absolute Gasteiger partial charge is 0.260 e. The van der Waals surface area contributed by atoms with Crippen LogP contribution in [-0.2, 0) is 0 Å². The van der Waals surface area contributed by atoms with Gasteiger partial charge in [-0.15, -0.1) is 0 Å². The smallest absolute Gasteiger partial charge is 0.157 e. The Bertz CT molecular complexity index is 445. The Labute approximate surface area is 62.7 Å². The lowest BCUT2D eigenvalue weighted by atomic mass is 10.4. The van der Waals surface area contributed by atoms with Crippen molar-refractivity contribution in [1.82, 2.24) is 10.2 Å². The van der Waals surface area contributed by atoms with Crippen LogP contribution in [0.15, 0.2) is 16.2 Å². The maximum Gasteiger partial charge on any atom is 0.157 e. The zero-order valence-corrected chi connectivity index (χ0v) is 6.00. The van der Waals surface area contributed by atoms with E-state index in [1.807, 2.05) is 6.92 Å². The molecule has 1 N–H and O–H groups in total. The molecule has 1 aliphatic rings. The van der Waals surface area contributed by atoms with Gasteiger partial charge in [0.1, 0.15) is 0 Å². The standard InChI is InChI=1S/C7H6N4/c1-5-6-4-8-2-3-9-7(6)11-10-5/h3-4H,1H3,(H,9,11). The lowest BCUT2D eigenvalue weighted by Gasteiger charge is -1.73. The van der Waals surface area contributed by atoms with Crippen LogP contribution in [0, 0.1) is 6.92 Å². The molecule has 0 aliphatic carbocycles. The third-order valence-corrected chi connectivity index (χ3v) is 1.49. The monoisotopic (exact) mass is 146 g/mol. The van der Waals surface area contributed by atoms with E-state index in [4.69, 9.17) is 0 Å². The Balaban J connectivity index is 2.94. The van der Waals surface area contributed by atoms with Crippen LogP contribution in [-0.4, -0.2) is 16.1 Å². The van der Waals surface area contributed by atoms with Gasteiger partial charge >= 0.3 is 0 Å². The summed E-state index contributed by atoms with van der Waals surface area (Å²) in [5, 5.41) is 7.71. The summed E-state index contributed by atoms with van der Waals surface area (Å²) >= 11 is 0.